The summed E-state index contributed by atoms with van der Waals surface area (Å²) in [7, 11) is -3.30. The third kappa shape index (κ3) is 3.39. The molecule has 0 aliphatic carbocycles. The normalized spacial score (nSPS) is 12.9. The fraction of sp³-hybridized carbons (Fsp3) is 0.136. The summed E-state index contributed by atoms with van der Waals surface area (Å²) in [6.45, 7) is 1.95. The van der Waals surface area contributed by atoms with Gasteiger partial charge in [-0.3, -0.25) is 4.79 Å². The molecule has 0 aliphatic heterocycles. The fourth-order valence-electron chi connectivity index (χ4n) is 3.44. The monoisotopic (exact) mass is 392 g/mol. The van der Waals surface area contributed by atoms with Crippen LogP contribution in [0.2, 0.25) is 0 Å². The van der Waals surface area contributed by atoms with Crippen molar-refractivity contribution in [2.75, 3.05) is 6.26 Å². The highest BCUT2D eigenvalue weighted by atomic mass is 32.2. The smallest absolute Gasteiger partial charge is 0.268 e. The van der Waals surface area contributed by atoms with E-state index in [-0.39, 0.29) is 16.8 Å². The number of amides is 1. The standard InChI is InChI=1S/C22H20N2O3S/c1-14(18-9-5-7-15-6-3-4-8-19(15)18)23-22(25)21-13-16-12-17(28(2,26)27)10-11-20(16)24-21/h3-14,24H,1-2H3,(H,23,25)/t14-/m1/s1. The highest BCUT2D eigenvalue weighted by molar-refractivity contribution is 7.90. The molecule has 0 aliphatic rings. The number of aromatic amines is 1. The molecule has 0 radical (unpaired) electrons. The lowest BCUT2D eigenvalue weighted by atomic mass is 9.99. The van der Waals surface area contributed by atoms with Gasteiger partial charge in [-0.25, -0.2) is 8.42 Å². The SMILES string of the molecule is C[C@@H](NC(=O)c1cc2cc(S(C)(=O)=O)ccc2[nH]1)c1cccc2ccccc12. The van der Waals surface area contributed by atoms with Gasteiger partial charge in [-0.2, -0.15) is 0 Å². The van der Waals surface area contributed by atoms with Crippen molar-refractivity contribution in [2.24, 2.45) is 0 Å². The number of benzene rings is 3. The molecule has 1 atom stereocenters. The van der Waals surface area contributed by atoms with E-state index >= 15 is 0 Å². The van der Waals surface area contributed by atoms with Crippen molar-refractivity contribution < 1.29 is 13.2 Å². The molecule has 0 fully saturated rings. The first kappa shape index (κ1) is 18.3. The molecule has 142 valence electrons. The summed E-state index contributed by atoms with van der Waals surface area (Å²) in [6.07, 6.45) is 1.17. The average Bonchev–Trinajstić information content (AvgIpc) is 3.10. The van der Waals surface area contributed by atoms with E-state index in [0.29, 0.717) is 11.1 Å². The number of nitrogens with one attached hydrogen (secondary N) is 2. The quantitative estimate of drug-likeness (QED) is 0.546. The van der Waals surface area contributed by atoms with E-state index in [2.05, 4.69) is 10.3 Å². The van der Waals surface area contributed by atoms with Crippen LogP contribution in [0.5, 0.6) is 0 Å². The molecule has 0 saturated heterocycles. The molecule has 3 aromatic carbocycles. The summed E-state index contributed by atoms with van der Waals surface area (Å²) < 4.78 is 23.5. The Morgan fingerprint density at radius 3 is 2.50 bits per heavy atom. The molecule has 28 heavy (non-hydrogen) atoms. The second-order valence-corrected chi connectivity index (χ2v) is 8.98. The second-order valence-electron chi connectivity index (χ2n) is 6.97. The number of carbonyl (C=O) groups is 1. The van der Waals surface area contributed by atoms with E-state index in [0.717, 1.165) is 21.9 Å². The van der Waals surface area contributed by atoms with Gasteiger partial charge >= 0.3 is 0 Å². The Balaban J connectivity index is 1.62. The van der Waals surface area contributed by atoms with E-state index in [4.69, 9.17) is 0 Å². The first-order valence-electron chi connectivity index (χ1n) is 8.94. The number of carbonyl (C=O) groups excluding carboxylic acids is 1. The third-order valence-electron chi connectivity index (χ3n) is 4.90. The lowest BCUT2D eigenvalue weighted by Gasteiger charge is -2.16. The van der Waals surface area contributed by atoms with Gasteiger partial charge in [0.1, 0.15) is 5.69 Å². The molecule has 0 saturated carbocycles. The summed E-state index contributed by atoms with van der Waals surface area (Å²) >= 11 is 0. The van der Waals surface area contributed by atoms with Crippen LogP contribution < -0.4 is 5.32 Å². The number of hydrogen-bond acceptors (Lipinski definition) is 3. The molecule has 0 spiro atoms. The third-order valence-corrected chi connectivity index (χ3v) is 6.01. The van der Waals surface area contributed by atoms with E-state index in [1.54, 1.807) is 18.2 Å². The van der Waals surface area contributed by atoms with Crippen LogP contribution in [0.4, 0.5) is 0 Å². The summed E-state index contributed by atoms with van der Waals surface area (Å²) in [6, 6.07) is 20.4. The maximum absolute atomic E-state index is 12.8. The molecule has 1 heterocycles. The van der Waals surface area contributed by atoms with Crippen molar-refractivity contribution in [1.29, 1.82) is 0 Å². The summed E-state index contributed by atoms with van der Waals surface area (Å²) in [4.78, 5) is 16.0. The Labute approximate surface area is 163 Å². The maximum atomic E-state index is 12.8. The van der Waals surface area contributed by atoms with E-state index in [9.17, 15) is 13.2 Å². The lowest BCUT2D eigenvalue weighted by Crippen LogP contribution is -2.27. The van der Waals surface area contributed by atoms with Crippen LogP contribution in [0.25, 0.3) is 21.7 Å². The Hall–Kier alpha value is -3.12. The van der Waals surface area contributed by atoms with Crippen LogP contribution in [0.3, 0.4) is 0 Å². The Morgan fingerprint density at radius 1 is 0.964 bits per heavy atom. The molecule has 2 N–H and O–H groups in total. The lowest BCUT2D eigenvalue weighted by molar-refractivity contribution is 0.0936. The minimum atomic E-state index is -3.30. The van der Waals surface area contributed by atoms with Gasteiger partial charge in [-0.1, -0.05) is 42.5 Å². The topological polar surface area (TPSA) is 79.0 Å². The first-order chi connectivity index (χ1) is 13.3. The first-order valence-corrected chi connectivity index (χ1v) is 10.8. The molecule has 4 aromatic rings. The average molecular weight is 392 g/mol. The predicted molar refractivity (Wildman–Crippen MR) is 111 cm³/mol. The molecule has 5 nitrogen and oxygen atoms in total. The summed E-state index contributed by atoms with van der Waals surface area (Å²) in [5.74, 6) is -0.238. The molecule has 1 aromatic heterocycles. The van der Waals surface area contributed by atoms with Gasteiger partial charge < -0.3 is 10.3 Å². The second kappa shape index (κ2) is 6.80. The van der Waals surface area contributed by atoms with Crippen molar-refractivity contribution in [1.82, 2.24) is 10.3 Å². The van der Waals surface area contributed by atoms with Gasteiger partial charge in [-0.15, -0.1) is 0 Å². The van der Waals surface area contributed by atoms with Crippen LogP contribution in [0, 0.1) is 0 Å². The van der Waals surface area contributed by atoms with Crippen LogP contribution in [-0.2, 0) is 9.84 Å². The molecule has 1 amide bonds. The molecule has 0 unspecified atom stereocenters. The van der Waals surface area contributed by atoms with Gasteiger partial charge in [0, 0.05) is 17.2 Å². The van der Waals surface area contributed by atoms with Crippen molar-refractivity contribution in [3.05, 3.63) is 78.0 Å². The minimum absolute atomic E-state index is 0.184. The molecular weight excluding hydrogens is 372 g/mol. The number of fused-ring (bicyclic) bond motifs is 2. The fourth-order valence-corrected chi connectivity index (χ4v) is 4.10. The van der Waals surface area contributed by atoms with Crippen LogP contribution in [0.1, 0.15) is 29.0 Å². The van der Waals surface area contributed by atoms with Gasteiger partial charge in [0.2, 0.25) is 0 Å². The number of sulfone groups is 1. The van der Waals surface area contributed by atoms with Gasteiger partial charge in [0.15, 0.2) is 9.84 Å². The number of rotatable bonds is 4. The molecule has 6 heteroatoms. The van der Waals surface area contributed by atoms with E-state index in [1.807, 2.05) is 49.4 Å². The highest BCUT2D eigenvalue weighted by Gasteiger charge is 2.16. The largest absolute Gasteiger partial charge is 0.351 e. The zero-order valence-electron chi connectivity index (χ0n) is 15.6. The Bertz CT molecular complexity index is 1300. The number of hydrogen-bond donors (Lipinski definition) is 2. The number of H-pyrrole nitrogens is 1. The zero-order chi connectivity index (χ0) is 19.9. The van der Waals surface area contributed by atoms with Crippen molar-refractivity contribution in [3.8, 4) is 0 Å². The highest BCUT2D eigenvalue weighted by Crippen LogP contribution is 2.25. The summed E-state index contributed by atoms with van der Waals surface area (Å²) in [5.41, 5.74) is 2.16. The van der Waals surface area contributed by atoms with Gasteiger partial charge in [0.05, 0.1) is 10.9 Å². The van der Waals surface area contributed by atoms with Crippen molar-refractivity contribution in [3.63, 3.8) is 0 Å². The van der Waals surface area contributed by atoms with Crippen LogP contribution in [-0.4, -0.2) is 25.6 Å². The van der Waals surface area contributed by atoms with Crippen molar-refractivity contribution in [2.45, 2.75) is 17.9 Å². The van der Waals surface area contributed by atoms with E-state index < -0.39 is 9.84 Å². The molecule has 0 bridgehead atoms. The predicted octanol–water partition coefficient (Wildman–Crippen LogP) is 4.22. The van der Waals surface area contributed by atoms with Gasteiger partial charge in [-0.05, 0) is 47.5 Å². The van der Waals surface area contributed by atoms with Crippen molar-refractivity contribution >= 4 is 37.4 Å². The van der Waals surface area contributed by atoms with E-state index in [1.165, 1.54) is 12.3 Å². The van der Waals surface area contributed by atoms with Gasteiger partial charge in [0.25, 0.3) is 5.91 Å². The number of aromatic nitrogens is 1. The zero-order valence-corrected chi connectivity index (χ0v) is 16.4. The van der Waals surface area contributed by atoms with Crippen LogP contribution in [0.15, 0.2) is 71.6 Å². The maximum Gasteiger partial charge on any atom is 0.268 e. The molecule has 4 rings (SSSR count). The summed E-state index contributed by atoms with van der Waals surface area (Å²) in [5, 5.41) is 5.94. The minimum Gasteiger partial charge on any atom is -0.351 e. The Kier molecular flexibility index (Phi) is 4.43. The van der Waals surface area contributed by atoms with Crippen LogP contribution >= 0.6 is 0 Å². The Morgan fingerprint density at radius 2 is 1.71 bits per heavy atom. The molecular formula is C22H20N2O3S.